The summed E-state index contributed by atoms with van der Waals surface area (Å²) in [5.74, 6) is 0.587. The van der Waals surface area contributed by atoms with Crippen LogP contribution in [0.15, 0.2) is 48.5 Å². The summed E-state index contributed by atoms with van der Waals surface area (Å²) < 4.78 is 10.4. The Bertz CT molecular complexity index is 881. The fourth-order valence-corrected chi connectivity index (χ4v) is 4.02. The van der Waals surface area contributed by atoms with Crippen molar-refractivity contribution in [3.05, 3.63) is 64.7 Å². The van der Waals surface area contributed by atoms with Gasteiger partial charge in [-0.15, -0.1) is 0 Å². The van der Waals surface area contributed by atoms with E-state index in [9.17, 15) is 9.59 Å². The van der Waals surface area contributed by atoms with E-state index in [0.29, 0.717) is 44.0 Å². The molecule has 6 nitrogen and oxygen atoms in total. The number of amides is 1. The Kier molecular flexibility index (Phi) is 7.71. The number of aryl methyl sites for hydroxylation is 1. The van der Waals surface area contributed by atoms with Gasteiger partial charge in [0.2, 0.25) is 5.91 Å². The van der Waals surface area contributed by atoms with E-state index in [2.05, 4.69) is 0 Å². The lowest BCUT2D eigenvalue weighted by molar-refractivity contribution is -0.148. The number of piperazine rings is 1. The Labute approximate surface area is 182 Å². The minimum absolute atomic E-state index is 0.109. The van der Waals surface area contributed by atoms with Crippen LogP contribution in [0.2, 0.25) is 5.02 Å². The Balaban J connectivity index is 1.59. The Morgan fingerprint density at radius 1 is 1.03 bits per heavy atom. The average molecular weight is 431 g/mol. The molecular weight excluding hydrogens is 404 g/mol. The van der Waals surface area contributed by atoms with E-state index in [0.717, 1.165) is 16.9 Å². The molecule has 0 saturated carbocycles. The molecule has 2 aromatic rings. The first kappa shape index (κ1) is 22.1. The van der Waals surface area contributed by atoms with Crippen molar-refractivity contribution in [3.8, 4) is 5.75 Å². The van der Waals surface area contributed by atoms with E-state index < -0.39 is 6.04 Å². The minimum atomic E-state index is -0.528. The highest BCUT2D eigenvalue weighted by atomic mass is 35.5. The number of rotatable bonds is 7. The molecule has 160 valence electrons. The van der Waals surface area contributed by atoms with Gasteiger partial charge in [0.15, 0.2) is 0 Å². The summed E-state index contributed by atoms with van der Waals surface area (Å²) in [5, 5.41) is 0.576. The molecule has 1 heterocycles. The highest BCUT2D eigenvalue weighted by molar-refractivity contribution is 6.30. The molecule has 1 aliphatic rings. The lowest BCUT2D eigenvalue weighted by Crippen LogP contribution is -2.51. The van der Waals surface area contributed by atoms with Gasteiger partial charge in [-0.05, 0) is 35.7 Å². The van der Waals surface area contributed by atoms with Gasteiger partial charge in [0.05, 0.1) is 14.2 Å². The zero-order valence-corrected chi connectivity index (χ0v) is 18.1. The van der Waals surface area contributed by atoms with Gasteiger partial charge in [0, 0.05) is 37.6 Å². The van der Waals surface area contributed by atoms with Gasteiger partial charge >= 0.3 is 5.97 Å². The topological polar surface area (TPSA) is 59.1 Å². The Morgan fingerprint density at radius 3 is 2.43 bits per heavy atom. The quantitative estimate of drug-likeness (QED) is 0.630. The van der Waals surface area contributed by atoms with Gasteiger partial charge in [0.25, 0.3) is 0 Å². The lowest BCUT2D eigenvalue weighted by Gasteiger charge is -2.38. The predicted octanol–water partition coefficient (Wildman–Crippen LogP) is 3.34. The second kappa shape index (κ2) is 10.5. The molecule has 2 aromatic carbocycles. The third-order valence-corrected chi connectivity index (χ3v) is 5.66. The highest BCUT2D eigenvalue weighted by Crippen LogP contribution is 2.26. The number of halogens is 1. The van der Waals surface area contributed by atoms with Crippen molar-refractivity contribution in [1.29, 1.82) is 0 Å². The Hall–Kier alpha value is -2.57. The molecule has 7 heteroatoms. The normalized spacial score (nSPS) is 15.5. The highest BCUT2D eigenvalue weighted by Gasteiger charge is 2.32. The summed E-state index contributed by atoms with van der Waals surface area (Å²) in [6.07, 6.45) is 1.06. The van der Waals surface area contributed by atoms with E-state index >= 15 is 0 Å². The van der Waals surface area contributed by atoms with Gasteiger partial charge in [-0.1, -0.05) is 41.9 Å². The first-order chi connectivity index (χ1) is 14.5. The number of carbonyl (C=O) groups excluding carboxylic acids is 2. The molecule has 1 aliphatic heterocycles. The number of benzene rings is 2. The molecule has 1 atom stereocenters. The first-order valence-corrected chi connectivity index (χ1v) is 10.4. The van der Waals surface area contributed by atoms with Gasteiger partial charge < -0.3 is 14.4 Å². The SMILES string of the molecule is COC(=O)[C@@H](c1cccc(Cl)c1)N1CCN(C(=O)CCc2ccccc2OC)CC1. The van der Waals surface area contributed by atoms with Gasteiger partial charge in [0.1, 0.15) is 11.8 Å². The zero-order chi connectivity index (χ0) is 21.5. The molecule has 0 aliphatic carbocycles. The van der Waals surface area contributed by atoms with E-state index in [1.807, 2.05) is 46.2 Å². The second-order valence-electron chi connectivity index (χ2n) is 7.21. The van der Waals surface area contributed by atoms with Crippen LogP contribution in [0.5, 0.6) is 5.75 Å². The van der Waals surface area contributed by atoms with Gasteiger partial charge in [-0.3, -0.25) is 9.69 Å². The van der Waals surface area contributed by atoms with Crippen molar-refractivity contribution in [2.24, 2.45) is 0 Å². The van der Waals surface area contributed by atoms with E-state index in [4.69, 9.17) is 21.1 Å². The molecule has 0 radical (unpaired) electrons. The van der Waals surface area contributed by atoms with Crippen LogP contribution in [0.1, 0.15) is 23.6 Å². The van der Waals surface area contributed by atoms with Gasteiger partial charge in [-0.25, -0.2) is 4.79 Å². The van der Waals surface area contributed by atoms with Crippen LogP contribution in [0.3, 0.4) is 0 Å². The van der Waals surface area contributed by atoms with Crippen LogP contribution in [0, 0.1) is 0 Å². The van der Waals surface area contributed by atoms with E-state index in [1.165, 1.54) is 7.11 Å². The van der Waals surface area contributed by atoms with Crippen molar-refractivity contribution in [2.75, 3.05) is 40.4 Å². The van der Waals surface area contributed by atoms with Crippen LogP contribution >= 0.6 is 11.6 Å². The molecular formula is C23H27ClN2O4. The summed E-state index contributed by atoms with van der Waals surface area (Å²) in [4.78, 5) is 29.1. The molecule has 0 aromatic heterocycles. The van der Waals surface area contributed by atoms with Crippen molar-refractivity contribution in [2.45, 2.75) is 18.9 Å². The molecule has 0 bridgehead atoms. The monoisotopic (exact) mass is 430 g/mol. The predicted molar refractivity (Wildman–Crippen MR) is 116 cm³/mol. The van der Waals surface area contributed by atoms with Crippen LogP contribution in [-0.4, -0.2) is 62.1 Å². The molecule has 0 spiro atoms. The summed E-state index contributed by atoms with van der Waals surface area (Å²) in [5.41, 5.74) is 1.82. The maximum Gasteiger partial charge on any atom is 0.327 e. The maximum absolute atomic E-state index is 12.7. The summed E-state index contributed by atoms with van der Waals surface area (Å²) >= 11 is 6.11. The molecule has 0 unspecified atom stereocenters. The second-order valence-corrected chi connectivity index (χ2v) is 7.65. The smallest absolute Gasteiger partial charge is 0.327 e. The fraction of sp³-hybridized carbons (Fsp3) is 0.391. The average Bonchev–Trinajstić information content (AvgIpc) is 2.78. The van der Waals surface area contributed by atoms with Crippen molar-refractivity contribution in [3.63, 3.8) is 0 Å². The summed E-state index contributed by atoms with van der Waals surface area (Å²) in [6, 6.07) is 14.5. The number of nitrogens with zero attached hydrogens (tertiary/aromatic N) is 2. The largest absolute Gasteiger partial charge is 0.496 e. The van der Waals surface area contributed by atoms with E-state index in [1.54, 1.807) is 19.2 Å². The number of methoxy groups -OCH3 is 2. The standard InChI is InChI=1S/C23H27ClN2O4/c1-29-20-9-4-3-6-17(20)10-11-21(27)25-12-14-26(15-13-25)22(23(28)30-2)18-7-5-8-19(24)16-18/h3-9,16,22H,10-15H2,1-2H3/t22-/m1/s1. The number of hydrogen-bond acceptors (Lipinski definition) is 5. The summed E-state index contributed by atoms with van der Waals surface area (Å²) in [7, 11) is 3.02. The Morgan fingerprint density at radius 2 is 1.77 bits per heavy atom. The van der Waals surface area contributed by atoms with Crippen LogP contribution in [0.4, 0.5) is 0 Å². The molecule has 30 heavy (non-hydrogen) atoms. The number of carbonyl (C=O) groups is 2. The fourth-order valence-electron chi connectivity index (χ4n) is 3.82. The van der Waals surface area contributed by atoms with Crippen LogP contribution in [-0.2, 0) is 20.7 Å². The van der Waals surface area contributed by atoms with Crippen molar-refractivity contribution >= 4 is 23.5 Å². The minimum Gasteiger partial charge on any atom is -0.496 e. The third kappa shape index (κ3) is 5.32. The summed E-state index contributed by atoms with van der Waals surface area (Å²) in [6.45, 7) is 2.32. The first-order valence-electron chi connectivity index (χ1n) is 10.0. The lowest BCUT2D eigenvalue weighted by atomic mass is 10.0. The maximum atomic E-state index is 12.7. The number of hydrogen-bond donors (Lipinski definition) is 0. The molecule has 1 saturated heterocycles. The van der Waals surface area contributed by atoms with Crippen LogP contribution in [0.25, 0.3) is 0 Å². The third-order valence-electron chi connectivity index (χ3n) is 5.42. The zero-order valence-electron chi connectivity index (χ0n) is 17.3. The van der Waals surface area contributed by atoms with Crippen molar-refractivity contribution < 1.29 is 19.1 Å². The molecule has 0 N–H and O–H groups in total. The van der Waals surface area contributed by atoms with Crippen molar-refractivity contribution in [1.82, 2.24) is 9.80 Å². The number of ether oxygens (including phenoxy) is 2. The van der Waals surface area contributed by atoms with E-state index in [-0.39, 0.29) is 11.9 Å². The molecule has 3 rings (SSSR count). The van der Waals surface area contributed by atoms with Crippen LogP contribution < -0.4 is 4.74 Å². The van der Waals surface area contributed by atoms with Gasteiger partial charge in [-0.2, -0.15) is 0 Å². The number of para-hydroxylation sites is 1. The molecule has 1 amide bonds. The number of esters is 1. The molecule has 1 fully saturated rings.